The van der Waals surface area contributed by atoms with Crippen molar-refractivity contribution in [2.24, 2.45) is 16.2 Å². The summed E-state index contributed by atoms with van der Waals surface area (Å²) in [7, 11) is 0. The minimum Gasteiger partial charge on any atom is -0.298 e. The fraction of sp³-hybridized carbons (Fsp3) is 0.760. The van der Waals surface area contributed by atoms with E-state index in [0.717, 1.165) is 61.4 Å². The predicted octanol–water partition coefficient (Wildman–Crippen LogP) is 7.59. The van der Waals surface area contributed by atoms with Gasteiger partial charge in [-0.05, 0) is 37.7 Å². The number of Topliss-reactive ketones (excluding diaryl/α,β-unsaturated/α-hetero) is 2. The summed E-state index contributed by atoms with van der Waals surface area (Å²) in [5.41, 5.74) is -0.804. The van der Waals surface area contributed by atoms with Crippen LogP contribution in [0.5, 0.6) is 0 Å². The first-order valence-corrected chi connectivity index (χ1v) is 13.4. The Kier molecular flexibility index (Phi) is 5.86. The molecule has 4 rings (SSSR count). The zero-order chi connectivity index (χ0) is 20.9. The lowest BCUT2D eigenvalue weighted by Crippen LogP contribution is -2.53. The molecule has 0 N–H and O–H groups in total. The van der Waals surface area contributed by atoms with Gasteiger partial charge < -0.3 is 0 Å². The van der Waals surface area contributed by atoms with Crippen LogP contribution in [0.2, 0.25) is 0 Å². The molecule has 0 heterocycles. The molecule has 2 fully saturated rings. The molecule has 2 spiro atoms. The van der Waals surface area contributed by atoms with Crippen molar-refractivity contribution in [1.29, 1.82) is 0 Å². The van der Waals surface area contributed by atoms with Gasteiger partial charge in [0.1, 0.15) is 0 Å². The summed E-state index contributed by atoms with van der Waals surface area (Å²) in [4.78, 5) is 28.0. The number of rotatable bonds is 10. The third-order valence-electron chi connectivity index (χ3n) is 8.45. The highest BCUT2D eigenvalue weighted by Crippen LogP contribution is 2.84. The molecule has 4 heteroatoms. The van der Waals surface area contributed by atoms with Gasteiger partial charge in [-0.3, -0.25) is 9.59 Å². The van der Waals surface area contributed by atoms with Crippen molar-refractivity contribution in [2.45, 2.75) is 102 Å². The van der Waals surface area contributed by atoms with Gasteiger partial charge in [-0.1, -0.05) is 109 Å². The van der Waals surface area contributed by atoms with Crippen LogP contribution in [-0.4, -0.2) is 15.9 Å². The van der Waals surface area contributed by atoms with Crippen LogP contribution < -0.4 is 0 Å². The molecule has 4 atom stereocenters. The zero-order valence-corrected chi connectivity index (χ0v) is 21.1. The largest absolute Gasteiger partial charge is 0.298 e. The molecule has 0 aromatic heterocycles. The Balaban J connectivity index is 1.73. The van der Waals surface area contributed by atoms with E-state index in [4.69, 9.17) is 0 Å². The lowest BCUT2D eigenvalue weighted by Gasteiger charge is -2.47. The maximum atomic E-state index is 14.0. The maximum Gasteiger partial charge on any atom is 0.167 e. The lowest BCUT2D eigenvalue weighted by atomic mass is 9.60. The number of alkyl halides is 1. The Morgan fingerprint density at radius 3 is 2.31 bits per heavy atom. The first-order chi connectivity index (χ1) is 13.9. The summed E-state index contributed by atoms with van der Waals surface area (Å²) >= 11 is 7.95. The Labute approximate surface area is 192 Å². The highest BCUT2D eigenvalue weighted by atomic mass is 79.9. The van der Waals surface area contributed by atoms with Gasteiger partial charge in [-0.2, -0.15) is 0 Å². The van der Waals surface area contributed by atoms with Gasteiger partial charge in [0.25, 0.3) is 0 Å². The molecule has 0 saturated heterocycles. The van der Waals surface area contributed by atoms with Crippen LogP contribution in [0.1, 0.15) is 97.3 Å². The fourth-order valence-corrected chi connectivity index (χ4v) is 9.74. The summed E-state index contributed by atoms with van der Waals surface area (Å²) in [6.07, 6.45) is 18.0. The molecule has 0 aliphatic heterocycles. The van der Waals surface area contributed by atoms with E-state index in [1.807, 2.05) is 0 Å². The summed E-state index contributed by atoms with van der Waals surface area (Å²) in [5, 5.41) is 0. The van der Waals surface area contributed by atoms with Gasteiger partial charge in [0.05, 0.1) is 20.6 Å². The van der Waals surface area contributed by atoms with Crippen molar-refractivity contribution in [3.8, 4) is 0 Å². The minimum atomic E-state index is -0.625. The second kappa shape index (κ2) is 7.73. The van der Waals surface area contributed by atoms with E-state index in [-0.39, 0.29) is 5.78 Å². The topological polar surface area (TPSA) is 34.1 Å². The quantitative estimate of drug-likeness (QED) is 0.217. The number of unbranched alkanes of at least 4 members (excludes halogenated alkanes) is 6. The summed E-state index contributed by atoms with van der Waals surface area (Å²) in [6, 6.07) is 0. The second-order valence-corrected chi connectivity index (χ2v) is 11.9. The average molecular weight is 526 g/mol. The molecular weight excluding hydrogens is 492 g/mol. The van der Waals surface area contributed by atoms with E-state index in [1.54, 1.807) is 0 Å². The zero-order valence-electron chi connectivity index (χ0n) is 17.9. The van der Waals surface area contributed by atoms with Crippen molar-refractivity contribution in [3.05, 3.63) is 22.2 Å². The van der Waals surface area contributed by atoms with Crippen LogP contribution >= 0.6 is 31.9 Å². The summed E-state index contributed by atoms with van der Waals surface area (Å²) in [6.45, 7) is 4.43. The molecule has 0 aromatic rings. The molecule has 0 unspecified atom stereocenters. The van der Waals surface area contributed by atoms with Crippen molar-refractivity contribution >= 4 is 43.4 Å². The number of allylic oxidation sites excluding steroid dienone is 4. The lowest BCUT2D eigenvalue weighted by molar-refractivity contribution is -0.135. The minimum absolute atomic E-state index is 0.275. The van der Waals surface area contributed by atoms with Gasteiger partial charge in [-0.15, -0.1) is 0 Å². The van der Waals surface area contributed by atoms with E-state index >= 15 is 0 Å². The highest BCUT2D eigenvalue weighted by molar-refractivity contribution is 9.11. The smallest absolute Gasteiger partial charge is 0.167 e. The van der Waals surface area contributed by atoms with Gasteiger partial charge in [0.15, 0.2) is 11.6 Å². The molecular formula is C25H34Br2O2. The van der Waals surface area contributed by atoms with Crippen LogP contribution in [-0.2, 0) is 9.59 Å². The Morgan fingerprint density at radius 1 is 0.931 bits per heavy atom. The van der Waals surface area contributed by atoms with Crippen LogP contribution in [0, 0.1) is 16.2 Å². The molecule has 0 amide bonds. The van der Waals surface area contributed by atoms with E-state index < -0.39 is 20.6 Å². The number of carbonyl (C=O) groups excluding carboxylic acids is 2. The molecule has 2 bridgehead atoms. The van der Waals surface area contributed by atoms with E-state index in [2.05, 4.69) is 57.9 Å². The first-order valence-electron chi connectivity index (χ1n) is 11.8. The SMILES string of the molecule is CCCCCCC1=C[C@]2(Br)[C@]3(CCC[C@@]34C(=O)[C@]2(CCCCCC)C=C4Br)C1=O. The Morgan fingerprint density at radius 2 is 1.62 bits per heavy atom. The molecule has 29 heavy (non-hydrogen) atoms. The summed E-state index contributed by atoms with van der Waals surface area (Å²) < 4.78 is 0.480. The van der Waals surface area contributed by atoms with Crippen molar-refractivity contribution < 1.29 is 9.59 Å². The number of carbonyl (C=O) groups is 2. The van der Waals surface area contributed by atoms with Crippen molar-refractivity contribution in [2.75, 3.05) is 0 Å². The monoisotopic (exact) mass is 524 g/mol. The predicted molar refractivity (Wildman–Crippen MR) is 125 cm³/mol. The van der Waals surface area contributed by atoms with Crippen LogP contribution in [0.4, 0.5) is 0 Å². The molecule has 4 aliphatic carbocycles. The average Bonchev–Trinajstić information content (AvgIpc) is 3.32. The van der Waals surface area contributed by atoms with E-state index in [0.29, 0.717) is 5.78 Å². The van der Waals surface area contributed by atoms with Crippen LogP contribution in [0.25, 0.3) is 0 Å². The first kappa shape index (κ1) is 22.0. The van der Waals surface area contributed by atoms with Gasteiger partial charge in [-0.25, -0.2) is 0 Å². The third-order valence-corrected chi connectivity index (χ3v) is 11.0. The van der Waals surface area contributed by atoms with Gasteiger partial charge in [0.2, 0.25) is 0 Å². The van der Waals surface area contributed by atoms with Gasteiger partial charge in [0, 0.05) is 4.48 Å². The molecule has 4 aliphatic rings. The standard InChI is InChI=1S/C25H34Br2O2/c1-3-5-7-9-12-18-16-25(27)22(13-10-8-6-4-2)17-19(26)23(21(22)29)14-11-15-24(23,25)20(18)28/h16-17H,3-15H2,1-2H3/t22-,23+,24+,25+/m0/s1. The van der Waals surface area contributed by atoms with Crippen molar-refractivity contribution in [1.82, 2.24) is 0 Å². The van der Waals surface area contributed by atoms with Crippen LogP contribution in [0.3, 0.4) is 0 Å². The number of hydrogen-bond acceptors (Lipinski definition) is 2. The van der Waals surface area contributed by atoms with E-state index in [1.165, 1.54) is 32.1 Å². The van der Waals surface area contributed by atoms with E-state index in [9.17, 15) is 9.59 Å². The Hall–Kier alpha value is -0.220. The summed E-state index contributed by atoms with van der Waals surface area (Å²) in [5.74, 6) is 0.592. The molecule has 2 saturated carbocycles. The number of ketones is 2. The van der Waals surface area contributed by atoms with Crippen molar-refractivity contribution in [3.63, 3.8) is 0 Å². The Bertz CT molecular complexity index is 784. The normalized spacial score (nSPS) is 39.7. The number of fused-ring (bicyclic) bond motifs is 2. The van der Waals surface area contributed by atoms with Crippen LogP contribution in [0.15, 0.2) is 22.2 Å². The highest BCUT2D eigenvalue weighted by Gasteiger charge is 2.88. The fourth-order valence-electron chi connectivity index (χ4n) is 7.14. The maximum absolute atomic E-state index is 14.0. The molecule has 160 valence electrons. The molecule has 0 aromatic carbocycles. The number of halogens is 2. The molecule has 2 nitrogen and oxygen atoms in total. The third kappa shape index (κ3) is 2.51. The second-order valence-electron chi connectivity index (χ2n) is 9.79. The van der Waals surface area contributed by atoms with Gasteiger partial charge >= 0.3 is 0 Å². The number of hydrogen-bond donors (Lipinski definition) is 0. The molecule has 0 radical (unpaired) electrons.